The van der Waals surface area contributed by atoms with Crippen molar-refractivity contribution in [3.05, 3.63) is 71.8 Å². The monoisotopic (exact) mass is 347 g/mol. The largest absolute Gasteiger partial charge is 0.341 e. The minimum absolute atomic E-state index is 0.383. The van der Waals surface area contributed by atoms with Crippen molar-refractivity contribution >= 4 is 11.0 Å². The maximum Gasteiger partial charge on any atom is 0.121 e. The molecule has 2 aromatic heterocycles. The fourth-order valence-electron chi connectivity index (χ4n) is 3.55. The molecule has 4 rings (SSSR count). The van der Waals surface area contributed by atoms with E-state index in [4.69, 9.17) is 0 Å². The van der Waals surface area contributed by atoms with E-state index >= 15 is 0 Å². The summed E-state index contributed by atoms with van der Waals surface area (Å²) >= 11 is 0. The van der Waals surface area contributed by atoms with Gasteiger partial charge in [-0.25, -0.2) is 4.98 Å². The third kappa shape index (κ3) is 4.00. The Morgan fingerprint density at radius 2 is 2.04 bits per heavy atom. The predicted molar refractivity (Wildman–Crippen MR) is 105 cm³/mol. The van der Waals surface area contributed by atoms with Gasteiger partial charge < -0.3 is 15.6 Å². The van der Waals surface area contributed by atoms with Crippen LogP contribution in [0.4, 0.5) is 0 Å². The molecular weight excluding hydrogens is 322 g/mol. The molecule has 5 nitrogen and oxygen atoms in total. The average molecular weight is 347 g/mol. The predicted octanol–water partition coefficient (Wildman–Crippen LogP) is 3.27. The molecule has 1 aliphatic rings. The van der Waals surface area contributed by atoms with E-state index < -0.39 is 0 Å². The Morgan fingerprint density at radius 3 is 3.00 bits per heavy atom. The topological polar surface area (TPSA) is 65.6 Å². The summed E-state index contributed by atoms with van der Waals surface area (Å²) in [5, 5.41) is 7.00. The molecule has 1 aliphatic carbocycles. The van der Waals surface area contributed by atoms with Crippen molar-refractivity contribution in [3.8, 4) is 0 Å². The standard InChI is InChI=1S/C21H25N5/c1-2-10-18-17(9-1)25-20(26-18)15-22-12-3-4-13-23-19-11-5-7-16-8-6-14-24-21(16)19/h1-4,6,8-10,14,19,22-23H,5,7,11-13,15H2,(H,25,26). The lowest BCUT2D eigenvalue weighted by atomic mass is 9.92. The number of benzene rings is 1. The number of nitrogens with one attached hydrogen (secondary N) is 3. The van der Waals surface area contributed by atoms with Crippen LogP contribution in [0.15, 0.2) is 54.7 Å². The molecule has 134 valence electrons. The molecule has 0 saturated heterocycles. The number of pyridine rings is 1. The highest BCUT2D eigenvalue weighted by molar-refractivity contribution is 5.74. The number of aromatic nitrogens is 3. The van der Waals surface area contributed by atoms with Gasteiger partial charge in [0, 0.05) is 19.3 Å². The summed E-state index contributed by atoms with van der Waals surface area (Å²) < 4.78 is 0. The van der Waals surface area contributed by atoms with Gasteiger partial charge in [0.05, 0.1) is 29.3 Å². The van der Waals surface area contributed by atoms with Gasteiger partial charge in [0.1, 0.15) is 5.82 Å². The number of aryl methyl sites for hydroxylation is 1. The lowest BCUT2D eigenvalue weighted by Crippen LogP contribution is -2.26. The van der Waals surface area contributed by atoms with Crippen molar-refractivity contribution in [2.75, 3.05) is 13.1 Å². The summed E-state index contributed by atoms with van der Waals surface area (Å²) in [5.41, 5.74) is 4.73. The molecule has 0 aliphatic heterocycles. The molecule has 0 amide bonds. The molecule has 2 heterocycles. The van der Waals surface area contributed by atoms with Crippen molar-refractivity contribution in [1.82, 2.24) is 25.6 Å². The first-order valence-corrected chi connectivity index (χ1v) is 9.36. The molecule has 1 atom stereocenters. The number of para-hydroxylation sites is 2. The van der Waals surface area contributed by atoms with Gasteiger partial charge in [-0.2, -0.15) is 0 Å². The molecular formula is C21H25N5. The Morgan fingerprint density at radius 1 is 1.12 bits per heavy atom. The van der Waals surface area contributed by atoms with Crippen LogP contribution >= 0.6 is 0 Å². The van der Waals surface area contributed by atoms with Crippen molar-refractivity contribution in [3.63, 3.8) is 0 Å². The number of fused-ring (bicyclic) bond motifs is 2. The maximum absolute atomic E-state index is 4.57. The smallest absolute Gasteiger partial charge is 0.121 e. The zero-order valence-corrected chi connectivity index (χ0v) is 14.9. The SMILES string of the molecule is C(=CCNC1CCCc2cccnc21)CNCc1nc2ccccc2[nH]1. The molecule has 1 aromatic carbocycles. The first-order valence-electron chi connectivity index (χ1n) is 9.36. The van der Waals surface area contributed by atoms with Gasteiger partial charge >= 0.3 is 0 Å². The zero-order chi connectivity index (χ0) is 17.6. The summed E-state index contributed by atoms with van der Waals surface area (Å²) in [5.74, 6) is 0.975. The van der Waals surface area contributed by atoms with Crippen LogP contribution in [0.2, 0.25) is 0 Å². The first kappa shape index (κ1) is 16.9. The Bertz CT molecular complexity index is 850. The van der Waals surface area contributed by atoms with Gasteiger partial charge in [-0.15, -0.1) is 0 Å². The van der Waals surface area contributed by atoms with Crippen molar-refractivity contribution < 1.29 is 0 Å². The fraction of sp³-hybridized carbons (Fsp3) is 0.333. The maximum atomic E-state index is 4.57. The van der Waals surface area contributed by atoms with E-state index in [0.29, 0.717) is 6.04 Å². The Hall–Kier alpha value is -2.50. The third-order valence-corrected chi connectivity index (χ3v) is 4.84. The number of hydrogen-bond donors (Lipinski definition) is 3. The molecule has 1 unspecified atom stereocenters. The highest BCUT2D eigenvalue weighted by Crippen LogP contribution is 2.27. The van der Waals surface area contributed by atoms with E-state index in [9.17, 15) is 0 Å². The molecule has 0 bridgehead atoms. The van der Waals surface area contributed by atoms with Crippen LogP contribution in [-0.2, 0) is 13.0 Å². The van der Waals surface area contributed by atoms with Crippen LogP contribution in [-0.4, -0.2) is 28.0 Å². The Balaban J connectivity index is 1.19. The van der Waals surface area contributed by atoms with Gasteiger partial charge in [-0.1, -0.05) is 30.4 Å². The molecule has 0 fully saturated rings. The minimum Gasteiger partial charge on any atom is -0.341 e. The van der Waals surface area contributed by atoms with Crippen LogP contribution in [0.1, 0.15) is 36.0 Å². The van der Waals surface area contributed by atoms with Crippen molar-refractivity contribution in [1.29, 1.82) is 0 Å². The quantitative estimate of drug-likeness (QED) is 0.453. The molecule has 3 aromatic rings. The van der Waals surface area contributed by atoms with E-state index in [1.807, 2.05) is 30.5 Å². The number of aromatic amines is 1. The summed E-state index contributed by atoms with van der Waals surface area (Å²) in [7, 11) is 0. The number of nitrogens with zero attached hydrogens (tertiary/aromatic N) is 2. The van der Waals surface area contributed by atoms with E-state index in [-0.39, 0.29) is 0 Å². The van der Waals surface area contributed by atoms with E-state index in [1.54, 1.807) is 0 Å². The fourth-order valence-corrected chi connectivity index (χ4v) is 3.55. The highest BCUT2D eigenvalue weighted by atomic mass is 15.0. The summed E-state index contributed by atoms with van der Waals surface area (Å²) in [6, 6.07) is 12.7. The molecule has 0 saturated carbocycles. The summed E-state index contributed by atoms with van der Waals surface area (Å²) in [6.45, 7) is 2.44. The second-order valence-corrected chi connectivity index (χ2v) is 6.70. The Labute approximate surface area is 154 Å². The molecule has 5 heteroatoms. The van der Waals surface area contributed by atoms with E-state index in [1.165, 1.54) is 24.1 Å². The normalized spacial score (nSPS) is 17.0. The van der Waals surface area contributed by atoms with Gasteiger partial charge in [0.25, 0.3) is 0 Å². The number of hydrogen-bond acceptors (Lipinski definition) is 4. The lowest BCUT2D eigenvalue weighted by Gasteiger charge is -2.24. The van der Waals surface area contributed by atoms with Gasteiger partial charge in [-0.05, 0) is 43.0 Å². The van der Waals surface area contributed by atoms with Crippen LogP contribution in [0.25, 0.3) is 11.0 Å². The van der Waals surface area contributed by atoms with Gasteiger partial charge in [0.15, 0.2) is 0 Å². The number of imidazole rings is 1. The van der Waals surface area contributed by atoms with Crippen molar-refractivity contribution in [2.24, 2.45) is 0 Å². The third-order valence-electron chi connectivity index (χ3n) is 4.84. The molecule has 3 N–H and O–H groups in total. The second-order valence-electron chi connectivity index (χ2n) is 6.70. The van der Waals surface area contributed by atoms with E-state index in [2.05, 4.69) is 49.9 Å². The number of rotatable bonds is 7. The Kier molecular flexibility index (Phi) is 5.38. The molecule has 0 spiro atoms. The van der Waals surface area contributed by atoms with Gasteiger partial charge in [-0.3, -0.25) is 4.98 Å². The van der Waals surface area contributed by atoms with Crippen LogP contribution in [0.3, 0.4) is 0 Å². The lowest BCUT2D eigenvalue weighted by molar-refractivity contribution is 0.468. The molecule has 0 radical (unpaired) electrons. The molecule has 26 heavy (non-hydrogen) atoms. The van der Waals surface area contributed by atoms with Crippen molar-refractivity contribution in [2.45, 2.75) is 31.8 Å². The minimum atomic E-state index is 0.383. The van der Waals surface area contributed by atoms with Crippen LogP contribution in [0, 0.1) is 0 Å². The zero-order valence-electron chi connectivity index (χ0n) is 14.9. The van der Waals surface area contributed by atoms with Gasteiger partial charge in [0.2, 0.25) is 0 Å². The van der Waals surface area contributed by atoms with Crippen LogP contribution in [0.5, 0.6) is 0 Å². The average Bonchev–Trinajstić information content (AvgIpc) is 3.10. The summed E-state index contributed by atoms with van der Waals surface area (Å²) in [6.07, 6.45) is 9.81. The number of H-pyrrole nitrogens is 1. The second kappa shape index (κ2) is 8.25. The highest BCUT2D eigenvalue weighted by Gasteiger charge is 2.19. The summed E-state index contributed by atoms with van der Waals surface area (Å²) in [4.78, 5) is 12.5. The first-order chi connectivity index (χ1) is 12.9. The van der Waals surface area contributed by atoms with Crippen LogP contribution < -0.4 is 10.6 Å². The van der Waals surface area contributed by atoms with E-state index in [0.717, 1.165) is 42.9 Å².